The Labute approximate surface area is 152 Å². The minimum absolute atomic E-state index is 0.0460. The van der Waals surface area contributed by atoms with E-state index in [1.165, 1.54) is 18.2 Å². The third-order valence-electron chi connectivity index (χ3n) is 2.83. The van der Waals surface area contributed by atoms with Gasteiger partial charge in [0.1, 0.15) is 11.4 Å². The number of benzene rings is 1. The maximum Gasteiger partial charge on any atom is 0.407 e. The van der Waals surface area contributed by atoms with Crippen LogP contribution < -0.4 is 21.3 Å². The van der Waals surface area contributed by atoms with E-state index in [1.807, 2.05) is 0 Å². The van der Waals surface area contributed by atoms with Crippen LogP contribution in [0.4, 0.5) is 14.9 Å². The number of rotatable bonds is 6. The highest BCUT2D eigenvalue weighted by Gasteiger charge is 2.15. The second kappa shape index (κ2) is 10.2. The van der Waals surface area contributed by atoms with E-state index >= 15 is 0 Å². The van der Waals surface area contributed by atoms with E-state index in [1.54, 1.807) is 33.9 Å². The Balaban J connectivity index is 2.26. The van der Waals surface area contributed by atoms with Gasteiger partial charge in [-0.1, -0.05) is 6.07 Å². The Morgan fingerprint density at radius 3 is 2.46 bits per heavy atom. The number of hydrogen-bond donors (Lipinski definition) is 4. The summed E-state index contributed by atoms with van der Waals surface area (Å²) < 4.78 is 18.2. The van der Waals surface area contributed by atoms with Crippen molar-refractivity contribution in [3.05, 3.63) is 30.1 Å². The van der Waals surface area contributed by atoms with Gasteiger partial charge in [-0.25, -0.2) is 9.18 Å². The molecule has 0 atom stereocenters. The molecule has 9 heteroatoms. The first-order valence-electron chi connectivity index (χ1n) is 8.16. The third kappa shape index (κ3) is 9.45. The molecule has 144 valence electrons. The lowest BCUT2D eigenvalue weighted by atomic mass is 10.2. The number of anilines is 1. The summed E-state index contributed by atoms with van der Waals surface area (Å²) in [6, 6.07) is 5.63. The fourth-order valence-electron chi connectivity index (χ4n) is 1.82. The van der Waals surface area contributed by atoms with Gasteiger partial charge in [0.2, 0.25) is 5.91 Å². The van der Waals surface area contributed by atoms with E-state index in [4.69, 9.17) is 4.74 Å². The minimum atomic E-state index is -0.551. The number of carbonyl (C=O) groups excluding carboxylic acids is 2. The molecule has 0 aliphatic rings. The number of nitrogens with one attached hydrogen (secondary N) is 4. The highest BCUT2D eigenvalue weighted by molar-refractivity contribution is 5.94. The number of ether oxygens (including phenoxy) is 1. The molecule has 4 N–H and O–H groups in total. The lowest BCUT2D eigenvalue weighted by molar-refractivity contribution is -0.115. The zero-order valence-corrected chi connectivity index (χ0v) is 15.5. The molecule has 0 bridgehead atoms. The summed E-state index contributed by atoms with van der Waals surface area (Å²) in [6.45, 7) is 6.02. The molecule has 1 aromatic rings. The van der Waals surface area contributed by atoms with E-state index in [0.29, 0.717) is 24.7 Å². The molecule has 0 aliphatic heterocycles. The van der Waals surface area contributed by atoms with E-state index in [9.17, 15) is 14.0 Å². The van der Waals surface area contributed by atoms with Crippen LogP contribution in [-0.2, 0) is 9.53 Å². The van der Waals surface area contributed by atoms with Crippen molar-refractivity contribution in [2.75, 3.05) is 32.0 Å². The first kappa shape index (κ1) is 21.2. The molecule has 8 nitrogen and oxygen atoms in total. The van der Waals surface area contributed by atoms with Gasteiger partial charge in [0.25, 0.3) is 0 Å². The topological polar surface area (TPSA) is 104 Å². The summed E-state index contributed by atoms with van der Waals surface area (Å²) in [5, 5.41) is 10.9. The quantitative estimate of drug-likeness (QED) is 0.346. The molecule has 0 unspecified atom stereocenters. The Kier molecular flexibility index (Phi) is 8.33. The molecule has 0 aliphatic carbocycles. The van der Waals surface area contributed by atoms with Crippen LogP contribution >= 0.6 is 0 Å². The highest BCUT2D eigenvalue weighted by atomic mass is 19.1. The SMILES string of the molecule is CN=C(NCCNC(=O)OC(C)(C)C)NCC(=O)Nc1cccc(F)c1. The van der Waals surface area contributed by atoms with Gasteiger partial charge >= 0.3 is 6.09 Å². The maximum absolute atomic E-state index is 13.1. The standard InChI is InChI=1S/C17H26FN5O3/c1-17(2,3)26-16(25)21-9-8-20-15(19-4)22-11-14(24)23-13-7-5-6-12(18)10-13/h5-7,10H,8-9,11H2,1-4H3,(H,21,25)(H,23,24)(H2,19,20,22). The monoisotopic (exact) mass is 367 g/mol. The number of halogens is 1. The first-order chi connectivity index (χ1) is 12.2. The maximum atomic E-state index is 13.1. The van der Waals surface area contributed by atoms with Gasteiger partial charge in [0, 0.05) is 25.8 Å². The molecule has 0 radical (unpaired) electrons. The van der Waals surface area contributed by atoms with Gasteiger partial charge in [-0.3, -0.25) is 9.79 Å². The summed E-state index contributed by atoms with van der Waals surface area (Å²) in [7, 11) is 1.56. The normalized spacial score (nSPS) is 11.5. The Morgan fingerprint density at radius 1 is 1.15 bits per heavy atom. The van der Waals surface area contributed by atoms with Crippen molar-refractivity contribution in [1.82, 2.24) is 16.0 Å². The molecule has 2 amide bonds. The lowest BCUT2D eigenvalue weighted by Gasteiger charge is -2.19. The van der Waals surface area contributed by atoms with Crippen molar-refractivity contribution in [2.24, 2.45) is 4.99 Å². The predicted molar refractivity (Wildman–Crippen MR) is 98.6 cm³/mol. The molecule has 26 heavy (non-hydrogen) atoms. The van der Waals surface area contributed by atoms with Crippen LogP contribution in [0.3, 0.4) is 0 Å². The molecule has 1 rings (SSSR count). The Bertz CT molecular complexity index is 644. The van der Waals surface area contributed by atoms with Crippen molar-refractivity contribution in [1.29, 1.82) is 0 Å². The number of amides is 2. The fourth-order valence-corrected chi connectivity index (χ4v) is 1.82. The second-order valence-corrected chi connectivity index (χ2v) is 6.34. The van der Waals surface area contributed by atoms with Gasteiger partial charge < -0.3 is 26.0 Å². The van der Waals surface area contributed by atoms with Crippen LogP contribution in [0.25, 0.3) is 0 Å². The first-order valence-corrected chi connectivity index (χ1v) is 8.16. The van der Waals surface area contributed by atoms with Crippen molar-refractivity contribution >= 4 is 23.6 Å². The summed E-state index contributed by atoms with van der Waals surface area (Å²) in [6.07, 6.45) is -0.503. The van der Waals surface area contributed by atoms with Gasteiger partial charge in [-0.05, 0) is 39.0 Å². The predicted octanol–water partition coefficient (Wildman–Crippen LogP) is 1.45. The molecule has 0 spiro atoms. The Hall–Kier alpha value is -2.84. The largest absolute Gasteiger partial charge is 0.444 e. The molecular weight excluding hydrogens is 341 g/mol. The van der Waals surface area contributed by atoms with E-state index in [0.717, 1.165) is 0 Å². The van der Waals surface area contributed by atoms with Crippen molar-refractivity contribution < 1.29 is 18.7 Å². The van der Waals surface area contributed by atoms with Gasteiger partial charge in [-0.2, -0.15) is 0 Å². The average molecular weight is 367 g/mol. The molecule has 0 aromatic heterocycles. The third-order valence-corrected chi connectivity index (χ3v) is 2.83. The summed E-state index contributed by atoms with van der Waals surface area (Å²) in [4.78, 5) is 27.3. The molecular formula is C17H26FN5O3. The lowest BCUT2D eigenvalue weighted by Crippen LogP contribution is -2.44. The van der Waals surface area contributed by atoms with Crippen LogP contribution in [0.5, 0.6) is 0 Å². The number of aliphatic imine (C=N–C) groups is 1. The zero-order valence-electron chi connectivity index (χ0n) is 15.5. The smallest absolute Gasteiger partial charge is 0.407 e. The van der Waals surface area contributed by atoms with E-state index in [-0.39, 0.29) is 12.5 Å². The summed E-state index contributed by atoms with van der Waals surface area (Å²) in [5.74, 6) is -0.374. The number of alkyl carbamates (subject to hydrolysis) is 1. The van der Waals surface area contributed by atoms with Crippen molar-refractivity contribution in [3.63, 3.8) is 0 Å². The molecule has 0 saturated carbocycles. The zero-order chi connectivity index (χ0) is 19.6. The van der Waals surface area contributed by atoms with Gasteiger partial charge in [0.05, 0.1) is 6.54 Å². The molecule has 1 aromatic carbocycles. The molecule has 0 saturated heterocycles. The second-order valence-electron chi connectivity index (χ2n) is 6.34. The molecule has 0 heterocycles. The number of hydrogen-bond acceptors (Lipinski definition) is 4. The Morgan fingerprint density at radius 2 is 1.85 bits per heavy atom. The average Bonchev–Trinajstić information content (AvgIpc) is 2.52. The van der Waals surface area contributed by atoms with Crippen LogP contribution in [0.1, 0.15) is 20.8 Å². The molecule has 0 fully saturated rings. The van der Waals surface area contributed by atoms with Crippen molar-refractivity contribution in [2.45, 2.75) is 26.4 Å². The highest BCUT2D eigenvalue weighted by Crippen LogP contribution is 2.08. The van der Waals surface area contributed by atoms with Crippen molar-refractivity contribution in [3.8, 4) is 0 Å². The number of nitrogens with zero attached hydrogens (tertiary/aromatic N) is 1. The van der Waals surface area contributed by atoms with Crippen LogP contribution in [0.15, 0.2) is 29.3 Å². The van der Waals surface area contributed by atoms with E-state index in [2.05, 4.69) is 26.3 Å². The summed E-state index contributed by atoms with van der Waals surface area (Å²) in [5.41, 5.74) is -0.175. The minimum Gasteiger partial charge on any atom is -0.444 e. The van der Waals surface area contributed by atoms with Crippen LogP contribution in [0.2, 0.25) is 0 Å². The fraction of sp³-hybridized carbons (Fsp3) is 0.471. The summed E-state index contributed by atoms with van der Waals surface area (Å²) >= 11 is 0. The van der Waals surface area contributed by atoms with Crippen LogP contribution in [-0.4, -0.2) is 50.2 Å². The van der Waals surface area contributed by atoms with Gasteiger partial charge in [0.15, 0.2) is 5.96 Å². The van der Waals surface area contributed by atoms with Gasteiger partial charge in [-0.15, -0.1) is 0 Å². The number of carbonyl (C=O) groups is 2. The number of guanidine groups is 1. The van der Waals surface area contributed by atoms with Crippen LogP contribution in [0, 0.1) is 5.82 Å². The van der Waals surface area contributed by atoms with E-state index < -0.39 is 17.5 Å².